The van der Waals surface area contributed by atoms with Crippen molar-refractivity contribution in [3.05, 3.63) is 24.4 Å². The van der Waals surface area contributed by atoms with Crippen LogP contribution in [-0.4, -0.2) is 31.2 Å². The van der Waals surface area contributed by atoms with Gasteiger partial charge in [0.05, 0.1) is 0 Å². The summed E-state index contributed by atoms with van der Waals surface area (Å²) in [6, 6.07) is 5.97. The molecule has 78 valence electrons. The third kappa shape index (κ3) is 2.45. The second-order valence-electron chi connectivity index (χ2n) is 4.09. The average Bonchev–Trinajstić information content (AvgIpc) is 2.18. The quantitative estimate of drug-likeness (QED) is 0.785. The van der Waals surface area contributed by atoms with Gasteiger partial charge in [-0.1, -0.05) is 6.07 Å². The van der Waals surface area contributed by atoms with Crippen LogP contribution in [0.5, 0.6) is 0 Å². The molecule has 0 amide bonds. The summed E-state index contributed by atoms with van der Waals surface area (Å²) in [5.74, 6) is 1.01. The van der Waals surface area contributed by atoms with E-state index < -0.39 is 0 Å². The molecule has 0 bridgehead atoms. The van der Waals surface area contributed by atoms with Gasteiger partial charge < -0.3 is 10.2 Å². The number of nitrogens with zero attached hydrogens (tertiary/aromatic N) is 2. The predicted molar refractivity (Wildman–Crippen MR) is 60.6 cm³/mol. The van der Waals surface area contributed by atoms with Gasteiger partial charge in [0.2, 0.25) is 0 Å². The molecule has 0 aliphatic carbocycles. The maximum atomic E-state index is 4.33. The molecular weight excluding hydrogens is 174 g/mol. The highest BCUT2D eigenvalue weighted by Gasteiger charge is 2.23. The molecule has 0 spiro atoms. The molecule has 0 fully saturated rings. The van der Waals surface area contributed by atoms with Crippen LogP contribution in [0.15, 0.2) is 24.4 Å². The molecule has 1 heterocycles. The lowest BCUT2D eigenvalue weighted by molar-refractivity contribution is 0.460. The number of anilines is 1. The van der Waals surface area contributed by atoms with Gasteiger partial charge in [-0.2, -0.15) is 0 Å². The fourth-order valence-electron chi connectivity index (χ4n) is 1.41. The lowest BCUT2D eigenvalue weighted by atomic mass is 10.0. The molecule has 0 aliphatic rings. The van der Waals surface area contributed by atoms with Crippen molar-refractivity contribution < 1.29 is 0 Å². The van der Waals surface area contributed by atoms with Crippen LogP contribution >= 0.6 is 0 Å². The molecule has 1 aromatic heterocycles. The third-order valence-electron chi connectivity index (χ3n) is 2.51. The van der Waals surface area contributed by atoms with E-state index in [1.165, 1.54) is 0 Å². The molecule has 1 aromatic rings. The summed E-state index contributed by atoms with van der Waals surface area (Å²) in [5.41, 5.74) is 0.0725. The van der Waals surface area contributed by atoms with Crippen molar-refractivity contribution in [3.8, 4) is 0 Å². The van der Waals surface area contributed by atoms with E-state index in [9.17, 15) is 0 Å². The monoisotopic (exact) mass is 193 g/mol. The molecule has 1 N–H and O–H groups in total. The maximum Gasteiger partial charge on any atom is 0.128 e. The highest BCUT2D eigenvalue weighted by Crippen LogP contribution is 2.18. The molecule has 0 radical (unpaired) electrons. The standard InChI is InChI=1S/C11H19N3/c1-11(2,9-12-3)14(4)10-7-5-6-8-13-10/h5-8,12H,9H2,1-4H3. The van der Waals surface area contributed by atoms with Crippen LogP contribution in [0.2, 0.25) is 0 Å². The van der Waals surface area contributed by atoms with Crippen molar-refractivity contribution in [1.29, 1.82) is 0 Å². The van der Waals surface area contributed by atoms with Gasteiger partial charge in [0, 0.05) is 25.3 Å². The Morgan fingerprint density at radius 3 is 2.64 bits per heavy atom. The van der Waals surface area contributed by atoms with E-state index in [2.05, 4.69) is 36.1 Å². The van der Waals surface area contributed by atoms with Crippen LogP contribution in [0, 0.1) is 0 Å². The van der Waals surface area contributed by atoms with Crippen molar-refractivity contribution in [2.24, 2.45) is 0 Å². The summed E-state index contributed by atoms with van der Waals surface area (Å²) < 4.78 is 0. The summed E-state index contributed by atoms with van der Waals surface area (Å²) in [6.45, 7) is 5.32. The lowest BCUT2D eigenvalue weighted by Gasteiger charge is -2.36. The Morgan fingerprint density at radius 1 is 1.43 bits per heavy atom. The van der Waals surface area contributed by atoms with E-state index >= 15 is 0 Å². The smallest absolute Gasteiger partial charge is 0.128 e. The highest BCUT2D eigenvalue weighted by molar-refractivity contribution is 5.39. The first-order valence-electron chi connectivity index (χ1n) is 4.87. The molecule has 0 atom stereocenters. The van der Waals surface area contributed by atoms with E-state index in [1.807, 2.05) is 31.4 Å². The molecule has 3 heteroatoms. The lowest BCUT2D eigenvalue weighted by Crippen LogP contribution is -2.48. The minimum Gasteiger partial charge on any atom is -0.353 e. The van der Waals surface area contributed by atoms with Gasteiger partial charge in [-0.3, -0.25) is 0 Å². The minimum atomic E-state index is 0.0725. The van der Waals surface area contributed by atoms with Crippen LogP contribution in [0.3, 0.4) is 0 Å². The van der Waals surface area contributed by atoms with Gasteiger partial charge in [0.1, 0.15) is 5.82 Å². The van der Waals surface area contributed by atoms with Crippen LogP contribution in [-0.2, 0) is 0 Å². The predicted octanol–water partition coefficient (Wildman–Crippen LogP) is 1.52. The first kappa shape index (κ1) is 11.0. The number of hydrogen-bond acceptors (Lipinski definition) is 3. The van der Waals surface area contributed by atoms with E-state index in [0.717, 1.165) is 12.4 Å². The zero-order valence-electron chi connectivity index (χ0n) is 9.41. The molecule has 0 unspecified atom stereocenters. The second kappa shape index (κ2) is 4.42. The number of hydrogen-bond donors (Lipinski definition) is 1. The Hall–Kier alpha value is -1.09. The van der Waals surface area contributed by atoms with Crippen LogP contribution < -0.4 is 10.2 Å². The first-order chi connectivity index (χ1) is 6.58. The summed E-state index contributed by atoms with van der Waals surface area (Å²) in [5, 5.41) is 3.19. The zero-order valence-corrected chi connectivity index (χ0v) is 9.41. The second-order valence-corrected chi connectivity index (χ2v) is 4.09. The largest absolute Gasteiger partial charge is 0.353 e. The van der Waals surface area contributed by atoms with Crippen molar-refractivity contribution in [2.45, 2.75) is 19.4 Å². The molecule has 14 heavy (non-hydrogen) atoms. The Balaban J connectivity index is 2.79. The molecule has 0 saturated heterocycles. The number of nitrogens with one attached hydrogen (secondary N) is 1. The van der Waals surface area contributed by atoms with Crippen molar-refractivity contribution >= 4 is 5.82 Å². The van der Waals surface area contributed by atoms with Gasteiger partial charge in [-0.05, 0) is 33.0 Å². The topological polar surface area (TPSA) is 28.2 Å². The average molecular weight is 193 g/mol. The minimum absolute atomic E-state index is 0.0725. The van der Waals surface area contributed by atoms with Crippen molar-refractivity contribution in [2.75, 3.05) is 25.5 Å². The van der Waals surface area contributed by atoms with Gasteiger partial charge in [0.25, 0.3) is 0 Å². The number of rotatable bonds is 4. The number of aromatic nitrogens is 1. The van der Waals surface area contributed by atoms with Gasteiger partial charge in [0.15, 0.2) is 0 Å². The van der Waals surface area contributed by atoms with Gasteiger partial charge >= 0.3 is 0 Å². The van der Waals surface area contributed by atoms with E-state index in [4.69, 9.17) is 0 Å². The number of pyridine rings is 1. The molecule has 0 aliphatic heterocycles. The Kier molecular flexibility index (Phi) is 3.47. The van der Waals surface area contributed by atoms with Crippen LogP contribution in [0.4, 0.5) is 5.82 Å². The summed E-state index contributed by atoms with van der Waals surface area (Å²) in [4.78, 5) is 6.51. The molecule has 3 nitrogen and oxygen atoms in total. The van der Waals surface area contributed by atoms with Crippen molar-refractivity contribution in [3.63, 3.8) is 0 Å². The third-order valence-corrected chi connectivity index (χ3v) is 2.51. The van der Waals surface area contributed by atoms with Crippen molar-refractivity contribution in [1.82, 2.24) is 10.3 Å². The Bertz CT molecular complexity index is 269. The van der Waals surface area contributed by atoms with Gasteiger partial charge in [-0.25, -0.2) is 4.98 Å². The molecule has 0 aromatic carbocycles. The summed E-state index contributed by atoms with van der Waals surface area (Å²) in [6.07, 6.45) is 1.82. The molecule has 1 rings (SSSR count). The summed E-state index contributed by atoms with van der Waals surface area (Å²) in [7, 11) is 4.04. The first-order valence-corrected chi connectivity index (χ1v) is 4.87. The SMILES string of the molecule is CNCC(C)(C)N(C)c1ccccn1. The number of likely N-dealkylation sites (N-methyl/N-ethyl adjacent to an activating group) is 2. The van der Waals surface area contributed by atoms with E-state index in [-0.39, 0.29) is 5.54 Å². The van der Waals surface area contributed by atoms with E-state index in [1.54, 1.807) is 0 Å². The molecule has 0 saturated carbocycles. The fourth-order valence-corrected chi connectivity index (χ4v) is 1.41. The molecular formula is C11H19N3. The Morgan fingerprint density at radius 2 is 2.14 bits per heavy atom. The van der Waals surface area contributed by atoms with Gasteiger partial charge in [-0.15, -0.1) is 0 Å². The van der Waals surface area contributed by atoms with Crippen LogP contribution in [0.25, 0.3) is 0 Å². The van der Waals surface area contributed by atoms with Crippen LogP contribution in [0.1, 0.15) is 13.8 Å². The Labute approximate surface area is 86.2 Å². The summed E-state index contributed by atoms with van der Waals surface area (Å²) >= 11 is 0. The normalized spacial score (nSPS) is 11.4. The zero-order chi connectivity index (χ0) is 10.6. The van der Waals surface area contributed by atoms with E-state index in [0.29, 0.717) is 0 Å². The fraction of sp³-hybridized carbons (Fsp3) is 0.545. The maximum absolute atomic E-state index is 4.33. The highest BCUT2D eigenvalue weighted by atomic mass is 15.2.